The third-order valence-corrected chi connectivity index (χ3v) is 6.12. The molecule has 9 heteroatoms. The number of aryl methyl sites for hydroxylation is 1. The van der Waals surface area contributed by atoms with Crippen LogP contribution in [0.2, 0.25) is 0 Å². The fourth-order valence-electron chi connectivity index (χ4n) is 3.92. The third-order valence-electron chi connectivity index (χ3n) is 5.29. The summed E-state index contributed by atoms with van der Waals surface area (Å²) in [6.07, 6.45) is 0. The van der Waals surface area contributed by atoms with E-state index >= 15 is 0 Å². The van der Waals surface area contributed by atoms with Crippen molar-refractivity contribution in [2.45, 2.75) is 19.9 Å². The molecule has 1 amide bonds. The van der Waals surface area contributed by atoms with Gasteiger partial charge in [0.05, 0.1) is 30.7 Å². The molecule has 5 rings (SSSR count). The van der Waals surface area contributed by atoms with Crippen LogP contribution in [0.5, 0.6) is 11.5 Å². The van der Waals surface area contributed by atoms with Crippen LogP contribution in [-0.2, 0) is 0 Å². The van der Waals surface area contributed by atoms with Crippen molar-refractivity contribution in [3.63, 3.8) is 0 Å². The van der Waals surface area contributed by atoms with E-state index in [0.29, 0.717) is 44.8 Å². The zero-order valence-electron chi connectivity index (χ0n) is 17.6. The fraction of sp³-hybridized carbons (Fsp3) is 0.217. The monoisotopic (exact) mass is 449 g/mol. The molecule has 0 fully saturated rings. The number of rotatable bonds is 5. The van der Waals surface area contributed by atoms with Crippen LogP contribution < -0.4 is 19.8 Å². The van der Waals surface area contributed by atoms with Crippen LogP contribution in [-0.4, -0.2) is 29.8 Å². The van der Waals surface area contributed by atoms with Crippen LogP contribution in [0.1, 0.15) is 39.7 Å². The molecule has 0 aliphatic carbocycles. The van der Waals surface area contributed by atoms with Crippen LogP contribution in [0.25, 0.3) is 11.0 Å². The molecule has 32 heavy (non-hydrogen) atoms. The second kappa shape index (κ2) is 7.76. The van der Waals surface area contributed by atoms with Crippen molar-refractivity contribution in [2.75, 3.05) is 18.6 Å². The van der Waals surface area contributed by atoms with E-state index in [4.69, 9.17) is 13.9 Å². The highest BCUT2D eigenvalue weighted by molar-refractivity contribution is 7.15. The third kappa shape index (κ3) is 3.13. The zero-order chi connectivity index (χ0) is 22.4. The maximum Gasteiger partial charge on any atom is 0.297 e. The Labute approximate surface area is 187 Å². The number of methoxy groups -OCH3 is 1. The minimum atomic E-state index is -0.716. The van der Waals surface area contributed by atoms with Crippen LogP contribution in [0.3, 0.4) is 0 Å². The smallest absolute Gasteiger partial charge is 0.297 e. The molecule has 0 spiro atoms. The number of carbonyl (C=O) groups is 1. The molecule has 1 atom stereocenters. The number of amides is 1. The Bertz CT molecular complexity index is 1410. The van der Waals surface area contributed by atoms with Crippen LogP contribution in [0, 0.1) is 6.92 Å². The van der Waals surface area contributed by atoms with E-state index < -0.39 is 11.9 Å². The predicted octanol–water partition coefficient (Wildman–Crippen LogP) is 4.11. The molecule has 1 aliphatic heterocycles. The Morgan fingerprint density at radius 2 is 1.97 bits per heavy atom. The number of ether oxygens (including phenoxy) is 2. The van der Waals surface area contributed by atoms with Gasteiger partial charge in [0.2, 0.25) is 10.9 Å². The van der Waals surface area contributed by atoms with Gasteiger partial charge in [-0.1, -0.05) is 23.5 Å². The number of hydrogen-bond donors (Lipinski definition) is 0. The summed E-state index contributed by atoms with van der Waals surface area (Å²) in [5.41, 5.74) is 1.01. The zero-order valence-corrected chi connectivity index (χ0v) is 18.4. The molecule has 0 saturated carbocycles. The highest BCUT2D eigenvalue weighted by Crippen LogP contribution is 2.42. The quantitative estimate of drug-likeness (QED) is 0.452. The van der Waals surface area contributed by atoms with Gasteiger partial charge >= 0.3 is 0 Å². The lowest BCUT2D eigenvalue weighted by Gasteiger charge is -2.22. The standard InChI is InChI=1S/C23H19N3O5S/c1-4-30-15-8-9-16-17(11-15)31-21-18(20(16)27)19(13-6-5-7-14(10-13)29-3)26(22(21)28)23-25-24-12(2)32-23/h5-11,19H,4H2,1-3H3. The van der Waals surface area contributed by atoms with E-state index in [1.807, 2.05) is 26.0 Å². The molecule has 8 nitrogen and oxygen atoms in total. The lowest BCUT2D eigenvalue weighted by molar-refractivity contribution is 0.0970. The molecule has 0 radical (unpaired) electrons. The van der Waals surface area contributed by atoms with Gasteiger partial charge in [0, 0.05) is 6.07 Å². The highest BCUT2D eigenvalue weighted by atomic mass is 32.1. The summed E-state index contributed by atoms with van der Waals surface area (Å²) in [5.74, 6) is 0.736. The van der Waals surface area contributed by atoms with Gasteiger partial charge in [-0.2, -0.15) is 0 Å². The second-order valence-electron chi connectivity index (χ2n) is 7.22. The summed E-state index contributed by atoms with van der Waals surface area (Å²) < 4.78 is 16.9. The Kier molecular flexibility index (Phi) is 4.90. The molecular formula is C23H19N3O5S. The number of benzene rings is 2. The number of anilines is 1. The number of nitrogens with zero attached hydrogens (tertiary/aromatic N) is 3. The van der Waals surface area contributed by atoms with E-state index in [9.17, 15) is 9.59 Å². The molecular weight excluding hydrogens is 430 g/mol. The van der Waals surface area contributed by atoms with Gasteiger partial charge in [0.15, 0.2) is 5.43 Å². The van der Waals surface area contributed by atoms with E-state index in [2.05, 4.69) is 10.2 Å². The first-order chi connectivity index (χ1) is 15.5. The summed E-state index contributed by atoms with van der Waals surface area (Å²) in [6.45, 7) is 4.15. The topological polar surface area (TPSA) is 94.8 Å². The van der Waals surface area contributed by atoms with E-state index in [-0.39, 0.29) is 16.8 Å². The molecule has 162 valence electrons. The molecule has 1 aliphatic rings. The van der Waals surface area contributed by atoms with Crippen molar-refractivity contribution in [3.05, 3.63) is 74.6 Å². The summed E-state index contributed by atoms with van der Waals surface area (Å²) in [4.78, 5) is 28.6. The lowest BCUT2D eigenvalue weighted by atomic mass is 9.98. The van der Waals surface area contributed by atoms with Gasteiger partial charge in [-0.25, -0.2) is 0 Å². The molecule has 3 heterocycles. The average molecular weight is 449 g/mol. The molecule has 2 aromatic carbocycles. The van der Waals surface area contributed by atoms with Gasteiger partial charge < -0.3 is 13.9 Å². The maximum atomic E-state index is 13.6. The van der Waals surface area contributed by atoms with E-state index in [1.165, 1.54) is 16.2 Å². The Hall–Kier alpha value is -3.72. The average Bonchev–Trinajstić information content (AvgIpc) is 3.35. The minimum absolute atomic E-state index is 0.00294. The van der Waals surface area contributed by atoms with Crippen molar-refractivity contribution < 1.29 is 18.7 Å². The van der Waals surface area contributed by atoms with Crippen molar-refractivity contribution in [1.82, 2.24) is 10.2 Å². The normalized spacial score (nSPS) is 15.3. The fourth-order valence-corrected chi connectivity index (χ4v) is 4.63. The minimum Gasteiger partial charge on any atom is -0.497 e. The van der Waals surface area contributed by atoms with Crippen LogP contribution >= 0.6 is 11.3 Å². The number of fused-ring (bicyclic) bond motifs is 2. The van der Waals surface area contributed by atoms with Crippen LogP contribution in [0.15, 0.2) is 51.7 Å². The van der Waals surface area contributed by atoms with Gasteiger partial charge in [0.1, 0.15) is 22.1 Å². The van der Waals surface area contributed by atoms with Crippen molar-refractivity contribution >= 4 is 33.3 Å². The molecule has 2 aromatic heterocycles. The Morgan fingerprint density at radius 1 is 1.12 bits per heavy atom. The SMILES string of the molecule is CCOc1ccc2c(=O)c3c(oc2c1)C(=O)N(c1nnc(C)s1)C3c1cccc(OC)c1. The van der Waals surface area contributed by atoms with Crippen molar-refractivity contribution in [2.24, 2.45) is 0 Å². The van der Waals surface area contributed by atoms with Gasteiger partial charge in [0.25, 0.3) is 5.91 Å². The maximum absolute atomic E-state index is 13.6. The first kappa shape index (κ1) is 20.2. The predicted molar refractivity (Wildman–Crippen MR) is 120 cm³/mol. The molecule has 0 bridgehead atoms. The summed E-state index contributed by atoms with van der Waals surface area (Å²) in [7, 11) is 1.57. The van der Waals surface area contributed by atoms with E-state index in [0.717, 1.165) is 0 Å². The largest absolute Gasteiger partial charge is 0.497 e. The Morgan fingerprint density at radius 3 is 2.69 bits per heavy atom. The van der Waals surface area contributed by atoms with Crippen molar-refractivity contribution in [1.29, 1.82) is 0 Å². The summed E-state index contributed by atoms with van der Waals surface area (Å²) >= 11 is 1.27. The highest BCUT2D eigenvalue weighted by Gasteiger charge is 2.45. The van der Waals surface area contributed by atoms with Gasteiger partial charge in [-0.15, -0.1) is 10.2 Å². The molecule has 0 N–H and O–H groups in total. The van der Waals surface area contributed by atoms with E-state index in [1.54, 1.807) is 37.4 Å². The van der Waals surface area contributed by atoms with Crippen LogP contribution in [0.4, 0.5) is 5.13 Å². The first-order valence-electron chi connectivity index (χ1n) is 10.0. The summed E-state index contributed by atoms with van der Waals surface area (Å²) in [5, 5.41) is 9.70. The molecule has 4 aromatic rings. The van der Waals surface area contributed by atoms with Gasteiger partial charge in [-0.3, -0.25) is 14.5 Å². The number of hydrogen-bond acceptors (Lipinski definition) is 8. The summed E-state index contributed by atoms with van der Waals surface area (Å²) in [6, 6.07) is 11.6. The lowest BCUT2D eigenvalue weighted by Crippen LogP contribution is -2.29. The number of carbonyl (C=O) groups excluding carboxylic acids is 1. The molecule has 0 saturated heterocycles. The molecule has 1 unspecified atom stereocenters. The second-order valence-corrected chi connectivity index (χ2v) is 8.38. The first-order valence-corrected chi connectivity index (χ1v) is 10.8. The van der Waals surface area contributed by atoms with Gasteiger partial charge in [-0.05, 0) is 43.7 Å². The Balaban J connectivity index is 1.78. The number of aromatic nitrogens is 2. The van der Waals surface area contributed by atoms with Crippen molar-refractivity contribution in [3.8, 4) is 11.5 Å².